The first-order valence-electron chi connectivity index (χ1n) is 8.95. The van der Waals surface area contributed by atoms with Gasteiger partial charge in [0, 0.05) is 24.2 Å². The van der Waals surface area contributed by atoms with Gasteiger partial charge in [-0.1, -0.05) is 6.92 Å². The zero-order chi connectivity index (χ0) is 21.7. The molecule has 28 heavy (non-hydrogen) atoms. The second-order valence-corrected chi connectivity index (χ2v) is 9.14. The lowest BCUT2D eigenvalue weighted by Crippen LogP contribution is -2.41. The van der Waals surface area contributed by atoms with Gasteiger partial charge in [0.2, 0.25) is 10.0 Å². The van der Waals surface area contributed by atoms with Crippen LogP contribution in [0.4, 0.5) is 0 Å². The van der Waals surface area contributed by atoms with Crippen LogP contribution in [-0.4, -0.2) is 58.0 Å². The summed E-state index contributed by atoms with van der Waals surface area (Å²) in [5.41, 5.74) is -0.510. The van der Waals surface area contributed by atoms with Crippen molar-refractivity contribution in [3.05, 3.63) is 23.8 Å². The molecule has 1 N–H and O–H groups in total. The van der Waals surface area contributed by atoms with E-state index in [1.807, 2.05) is 0 Å². The van der Waals surface area contributed by atoms with E-state index in [0.29, 0.717) is 6.54 Å². The summed E-state index contributed by atoms with van der Waals surface area (Å²) in [4.78, 5) is 25.9. The van der Waals surface area contributed by atoms with E-state index in [0.717, 1.165) is 0 Å². The van der Waals surface area contributed by atoms with Crippen molar-refractivity contribution >= 4 is 21.9 Å². The average molecular weight is 415 g/mol. The Hall–Kier alpha value is -2.13. The van der Waals surface area contributed by atoms with Crippen molar-refractivity contribution in [2.75, 3.05) is 27.3 Å². The number of rotatable bonds is 8. The van der Waals surface area contributed by atoms with Crippen molar-refractivity contribution in [2.24, 2.45) is 5.92 Å². The van der Waals surface area contributed by atoms with E-state index < -0.39 is 27.4 Å². The van der Waals surface area contributed by atoms with Crippen LogP contribution in [0.2, 0.25) is 0 Å². The standard InChI is InChI=1S/C19H30N2O6S/c1-8-21(12-13(2)18(23)27-7)17(22)14-9-10-15(26-6)16(11-14)28(24,25)20-19(3,4)5/h9-11,13,20H,8,12H2,1-7H3. The van der Waals surface area contributed by atoms with E-state index in [4.69, 9.17) is 9.47 Å². The van der Waals surface area contributed by atoms with E-state index in [-0.39, 0.29) is 28.7 Å². The predicted octanol–water partition coefficient (Wildman–Crippen LogP) is 2.04. The summed E-state index contributed by atoms with van der Waals surface area (Å²) < 4.78 is 38.0. The average Bonchev–Trinajstić information content (AvgIpc) is 2.62. The number of nitrogens with zero attached hydrogens (tertiary/aromatic N) is 1. The number of carbonyl (C=O) groups is 2. The van der Waals surface area contributed by atoms with E-state index in [1.165, 1.54) is 37.3 Å². The molecule has 0 aromatic heterocycles. The predicted molar refractivity (Wildman–Crippen MR) is 106 cm³/mol. The maximum atomic E-state index is 12.9. The molecule has 1 atom stereocenters. The largest absolute Gasteiger partial charge is 0.495 e. The third-order valence-electron chi connectivity index (χ3n) is 3.91. The van der Waals surface area contributed by atoms with Gasteiger partial charge >= 0.3 is 5.97 Å². The van der Waals surface area contributed by atoms with Crippen LogP contribution in [0.15, 0.2) is 23.1 Å². The Morgan fingerprint density at radius 1 is 1.21 bits per heavy atom. The minimum atomic E-state index is -3.91. The van der Waals surface area contributed by atoms with Gasteiger partial charge in [0.25, 0.3) is 5.91 Å². The number of benzene rings is 1. The van der Waals surface area contributed by atoms with E-state index >= 15 is 0 Å². The fourth-order valence-corrected chi connectivity index (χ4v) is 4.24. The molecule has 0 saturated heterocycles. The van der Waals surface area contributed by atoms with Crippen molar-refractivity contribution in [1.82, 2.24) is 9.62 Å². The van der Waals surface area contributed by atoms with Gasteiger partial charge in [-0.15, -0.1) is 0 Å². The molecule has 9 heteroatoms. The Morgan fingerprint density at radius 3 is 2.29 bits per heavy atom. The number of nitrogens with one attached hydrogen (secondary N) is 1. The molecule has 0 radical (unpaired) electrons. The lowest BCUT2D eigenvalue weighted by atomic mass is 10.1. The van der Waals surface area contributed by atoms with E-state index in [9.17, 15) is 18.0 Å². The highest BCUT2D eigenvalue weighted by Gasteiger charge is 2.28. The Bertz CT molecular complexity index is 814. The molecule has 0 aliphatic heterocycles. The normalized spacial score (nSPS) is 13.0. The van der Waals surface area contributed by atoms with Crippen LogP contribution in [0, 0.1) is 5.92 Å². The molecule has 1 rings (SSSR count). The first-order valence-corrected chi connectivity index (χ1v) is 10.4. The Labute approximate surface area is 167 Å². The molecule has 1 aromatic rings. The van der Waals surface area contributed by atoms with Crippen LogP contribution < -0.4 is 9.46 Å². The fraction of sp³-hybridized carbons (Fsp3) is 0.579. The number of ether oxygens (including phenoxy) is 2. The number of sulfonamides is 1. The van der Waals surface area contributed by atoms with Gasteiger partial charge in [0.15, 0.2) is 0 Å². The molecule has 0 heterocycles. The highest BCUT2D eigenvalue weighted by atomic mass is 32.2. The number of hydrogen-bond acceptors (Lipinski definition) is 6. The van der Waals surface area contributed by atoms with Gasteiger partial charge in [0.1, 0.15) is 10.6 Å². The molecule has 1 aromatic carbocycles. The maximum Gasteiger partial charge on any atom is 0.310 e. The van der Waals surface area contributed by atoms with Gasteiger partial charge < -0.3 is 14.4 Å². The first kappa shape index (κ1) is 23.9. The van der Waals surface area contributed by atoms with Gasteiger partial charge in [-0.05, 0) is 45.9 Å². The lowest BCUT2D eigenvalue weighted by Gasteiger charge is -2.24. The smallest absolute Gasteiger partial charge is 0.310 e. The summed E-state index contributed by atoms with van der Waals surface area (Å²) in [5.74, 6) is -1.16. The minimum Gasteiger partial charge on any atom is -0.495 e. The molecule has 1 unspecified atom stereocenters. The highest BCUT2D eigenvalue weighted by Crippen LogP contribution is 2.26. The second kappa shape index (κ2) is 9.38. The van der Waals surface area contributed by atoms with Crippen LogP contribution in [0.25, 0.3) is 0 Å². The van der Waals surface area contributed by atoms with Crippen LogP contribution in [0.3, 0.4) is 0 Å². The topological polar surface area (TPSA) is 102 Å². The third-order valence-corrected chi connectivity index (χ3v) is 5.69. The van der Waals surface area contributed by atoms with Crippen LogP contribution in [0.1, 0.15) is 45.0 Å². The lowest BCUT2D eigenvalue weighted by molar-refractivity contribution is -0.145. The minimum absolute atomic E-state index is 0.118. The summed E-state index contributed by atoms with van der Waals surface area (Å²) in [6, 6.07) is 4.24. The van der Waals surface area contributed by atoms with Crippen molar-refractivity contribution in [3.63, 3.8) is 0 Å². The summed E-state index contributed by atoms with van der Waals surface area (Å²) in [6.07, 6.45) is 0. The van der Waals surface area contributed by atoms with E-state index in [2.05, 4.69) is 4.72 Å². The molecule has 0 aliphatic rings. The summed E-state index contributed by atoms with van der Waals surface area (Å²) >= 11 is 0. The second-order valence-electron chi connectivity index (χ2n) is 7.49. The van der Waals surface area contributed by atoms with Crippen LogP contribution >= 0.6 is 0 Å². The van der Waals surface area contributed by atoms with E-state index in [1.54, 1.807) is 34.6 Å². The molecule has 0 saturated carbocycles. The first-order chi connectivity index (χ1) is 12.9. The summed E-state index contributed by atoms with van der Waals surface area (Å²) in [6.45, 7) is 9.13. The zero-order valence-corrected chi connectivity index (χ0v) is 18.3. The van der Waals surface area contributed by atoms with Gasteiger partial charge in [0.05, 0.1) is 20.1 Å². The Balaban J connectivity index is 3.28. The molecular formula is C19H30N2O6S. The molecule has 158 valence electrons. The fourth-order valence-electron chi connectivity index (χ4n) is 2.62. The molecule has 0 spiro atoms. The van der Waals surface area contributed by atoms with Gasteiger partial charge in [-0.2, -0.15) is 0 Å². The van der Waals surface area contributed by atoms with Crippen LogP contribution in [-0.2, 0) is 19.6 Å². The SMILES string of the molecule is CCN(CC(C)C(=O)OC)C(=O)c1ccc(OC)c(S(=O)(=O)NC(C)(C)C)c1. The number of hydrogen-bond donors (Lipinski definition) is 1. The molecule has 1 amide bonds. The molecule has 0 aliphatic carbocycles. The summed E-state index contributed by atoms with van der Waals surface area (Å²) in [7, 11) is -1.25. The molecule has 0 bridgehead atoms. The molecule has 8 nitrogen and oxygen atoms in total. The molecule has 0 fully saturated rings. The number of amides is 1. The maximum absolute atomic E-state index is 12.9. The highest BCUT2D eigenvalue weighted by molar-refractivity contribution is 7.89. The quantitative estimate of drug-likeness (QED) is 0.653. The van der Waals surface area contributed by atoms with Crippen molar-refractivity contribution in [3.8, 4) is 5.75 Å². The van der Waals surface area contributed by atoms with Crippen molar-refractivity contribution in [2.45, 2.75) is 45.1 Å². The Morgan fingerprint density at radius 2 is 1.82 bits per heavy atom. The summed E-state index contributed by atoms with van der Waals surface area (Å²) in [5, 5.41) is 0. The third kappa shape index (κ3) is 6.20. The molecular weight excluding hydrogens is 384 g/mol. The number of methoxy groups -OCH3 is 2. The van der Waals surface area contributed by atoms with Crippen molar-refractivity contribution in [1.29, 1.82) is 0 Å². The van der Waals surface area contributed by atoms with Crippen molar-refractivity contribution < 1.29 is 27.5 Å². The van der Waals surface area contributed by atoms with Crippen LogP contribution in [0.5, 0.6) is 5.75 Å². The zero-order valence-electron chi connectivity index (χ0n) is 17.5. The number of carbonyl (C=O) groups excluding carboxylic acids is 2. The van der Waals surface area contributed by atoms with Gasteiger partial charge in [-0.3, -0.25) is 9.59 Å². The Kier molecular flexibility index (Phi) is 8.01. The van der Waals surface area contributed by atoms with Gasteiger partial charge in [-0.25, -0.2) is 13.1 Å². The monoisotopic (exact) mass is 414 g/mol. The number of esters is 1.